The Labute approximate surface area is 84.5 Å². The third kappa shape index (κ3) is 1.89. The first-order chi connectivity index (χ1) is 6.68. The molecular weight excluding hydrogens is 178 g/mol. The maximum absolute atomic E-state index is 9.32. The average molecular weight is 195 g/mol. The van der Waals surface area contributed by atoms with Crippen molar-refractivity contribution in [2.24, 2.45) is 5.73 Å². The van der Waals surface area contributed by atoms with Gasteiger partial charge in [0.1, 0.15) is 5.75 Å². The van der Waals surface area contributed by atoms with E-state index < -0.39 is 5.41 Å². The van der Waals surface area contributed by atoms with E-state index in [9.17, 15) is 5.11 Å². The first-order valence-electron chi connectivity index (χ1n) is 4.62. The second kappa shape index (κ2) is 4.44. The smallest absolute Gasteiger partial charge is 0.122 e. The molecule has 1 unspecified atom stereocenters. The summed E-state index contributed by atoms with van der Waals surface area (Å²) in [5, 5.41) is 9.32. The van der Waals surface area contributed by atoms with Crippen LogP contribution in [0.3, 0.4) is 0 Å². The summed E-state index contributed by atoms with van der Waals surface area (Å²) >= 11 is 0. The Balaban J connectivity index is 3.15. The van der Waals surface area contributed by atoms with Gasteiger partial charge in [0.25, 0.3) is 0 Å². The molecule has 0 aliphatic carbocycles. The van der Waals surface area contributed by atoms with Gasteiger partial charge in [-0.15, -0.1) is 0 Å². The zero-order valence-electron chi connectivity index (χ0n) is 8.66. The van der Waals surface area contributed by atoms with Crippen molar-refractivity contribution in [1.82, 2.24) is 0 Å². The summed E-state index contributed by atoms with van der Waals surface area (Å²) in [6.07, 6.45) is 0. The quantitative estimate of drug-likeness (QED) is 0.750. The highest BCUT2D eigenvalue weighted by Gasteiger charge is 2.27. The van der Waals surface area contributed by atoms with Crippen LogP contribution in [0.15, 0.2) is 24.3 Å². The number of ether oxygens (including phenoxy) is 1. The third-order valence-corrected chi connectivity index (χ3v) is 2.56. The fourth-order valence-electron chi connectivity index (χ4n) is 1.40. The predicted octanol–water partition coefficient (Wildman–Crippen LogP) is 0.904. The number of rotatable bonds is 4. The summed E-state index contributed by atoms with van der Waals surface area (Å²) in [4.78, 5) is 0. The van der Waals surface area contributed by atoms with Crippen molar-refractivity contribution in [3.8, 4) is 5.75 Å². The topological polar surface area (TPSA) is 55.5 Å². The van der Waals surface area contributed by atoms with E-state index in [1.165, 1.54) is 0 Å². The second-order valence-corrected chi connectivity index (χ2v) is 3.62. The molecule has 3 N–H and O–H groups in total. The SMILES string of the molecule is COc1ccccc1C(C)(CN)CO. The lowest BCUT2D eigenvalue weighted by Crippen LogP contribution is -2.35. The summed E-state index contributed by atoms with van der Waals surface area (Å²) in [6, 6.07) is 7.62. The zero-order valence-corrected chi connectivity index (χ0v) is 8.66. The largest absolute Gasteiger partial charge is 0.496 e. The van der Waals surface area contributed by atoms with Crippen LogP contribution in [0, 0.1) is 0 Å². The molecule has 0 aliphatic rings. The molecule has 0 bridgehead atoms. The summed E-state index contributed by atoms with van der Waals surface area (Å²) < 4.78 is 5.23. The molecule has 1 atom stereocenters. The predicted molar refractivity (Wildman–Crippen MR) is 56.5 cm³/mol. The Morgan fingerprint density at radius 1 is 1.43 bits per heavy atom. The van der Waals surface area contributed by atoms with Crippen molar-refractivity contribution in [3.63, 3.8) is 0 Å². The van der Waals surface area contributed by atoms with E-state index in [0.717, 1.165) is 11.3 Å². The van der Waals surface area contributed by atoms with Gasteiger partial charge in [0.15, 0.2) is 0 Å². The van der Waals surface area contributed by atoms with Crippen LogP contribution in [0.25, 0.3) is 0 Å². The van der Waals surface area contributed by atoms with Gasteiger partial charge in [-0.05, 0) is 6.07 Å². The molecular formula is C11H17NO2. The molecule has 0 aromatic heterocycles. The highest BCUT2D eigenvalue weighted by molar-refractivity contribution is 5.39. The summed E-state index contributed by atoms with van der Waals surface area (Å²) in [6.45, 7) is 2.33. The monoisotopic (exact) mass is 195 g/mol. The highest BCUT2D eigenvalue weighted by atomic mass is 16.5. The van der Waals surface area contributed by atoms with Crippen LogP contribution in [0.1, 0.15) is 12.5 Å². The minimum atomic E-state index is -0.424. The number of hydrogen-bond acceptors (Lipinski definition) is 3. The van der Waals surface area contributed by atoms with E-state index in [0.29, 0.717) is 6.54 Å². The van der Waals surface area contributed by atoms with Gasteiger partial charge in [-0.2, -0.15) is 0 Å². The van der Waals surface area contributed by atoms with Gasteiger partial charge < -0.3 is 15.6 Å². The summed E-state index contributed by atoms with van der Waals surface area (Å²) in [7, 11) is 1.62. The lowest BCUT2D eigenvalue weighted by molar-refractivity contribution is 0.206. The molecule has 1 rings (SSSR count). The van der Waals surface area contributed by atoms with Gasteiger partial charge in [-0.1, -0.05) is 25.1 Å². The Bertz CT molecular complexity index is 295. The standard InChI is InChI=1S/C11H17NO2/c1-11(7-12,8-13)9-5-3-4-6-10(9)14-2/h3-6,13H,7-8,12H2,1-2H3. The number of hydrogen-bond donors (Lipinski definition) is 2. The third-order valence-electron chi connectivity index (χ3n) is 2.56. The van der Waals surface area contributed by atoms with Crippen LogP contribution < -0.4 is 10.5 Å². The van der Waals surface area contributed by atoms with E-state index >= 15 is 0 Å². The molecule has 3 nitrogen and oxygen atoms in total. The van der Waals surface area contributed by atoms with Crippen molar-refractivity contribution < 1.29 is 9.84 Å². The molecule has 0 amide bonds. The molecule has 0 fully saturated rings. The van der Waals surface area contributed by atoms with Crippen molar-refractivity contribution in [3.05, 3.63) is 29.8 Å². The van der Waals surface area contributed by atoms with Crippen LogP contribution in [0.2, 0.25) is 0 Å². The number of benzene rings is 1. The van der Waals surface area contributed by atoms with Crippen LogP contribution >= 0.6 is 0 Å². The number of methoxy groups -OCH3 is 1. The van der Waals surface area contributed by atoms with Gasteiger partial charge in [0.05, 0.1) is 13.7 Å². The van der Waals surface area contributed by atoms with Gasteiger partial charge in [0.2, 0.25) is 0 Å². The molecule has 1 aromatic carbocycles. The number of aliphatic hydroxyl groups excluding tert-OH is 1. The van der Waals surface area contributed by atoms with Crippen molar-refractivity contribution in [2.45, 2.75) is 12.3 Å². The normalized spacial score (nSPS) is 14.9. The molecule has 0 saturated carbocycles. The van der Waals surface area contributed by atoms with Crippen LogP contribution in [0.4, 0.5) is 0 Å². The average Bonchev–Trinajstić information content (AvgIpc) is 2.28. The van der Waals surface area contributed by atoms with Crippen molar-refractivity contribution in [2.75, 3.05) is 20.3 Å². The first-order valence-corrected chi connectivity index (χ1v) is 4.62. The molecule has 1 aromatic rings. The van der Waals surface area contributed by atoms with E-state index in [1.807, 2.05) is 31.2 Å². The maximum atomic E-state index is 9.32. The molecule has 0 aliphatic heterocycles. The van der Waals surface area contributed by atoms with E-state index in [4.69, 9.17) is 10.5 Å². The molecule has 0 spiro atoms. The minimum absolute atomic E-state index is 0.0177. The summed E-state index contributed by atoms with van der Waals surface area (Å²) in [5.41, 5.74) is 6.18. The Kier molecular flexibility index (Phi) is 3.49. The van der Waals surface area contributed by atoms with Gasteiger partial charge in [0, 0.05) is 17.5 Å². The van der Waals surface area contributed by atoms with Crippen LogP contribution in [-0.2, 0) is 5.41 Å². The zero-order chi connectivity index (χ0) is 10.6. The Morgan fingerprint density at radius 2 is 2.07 bits per heavy atom. The lowest BCUT2D eigenvalue weighted by atomic mass is 9.83. The molecule has 78 valence electrons. The highest BCUT2D eigenvalue weighted by Crippen LogP contribution is 2.30. The van der Waals surface area contributed by atoms with Crippen molar-refractivity contribution in [1.29, 1.82) is 0 Å². The van der Waals surface area contributed by atoms with E-state index in [-0.39, 0.29) is 6.61 Å². The summed E-state index contributed by atoms with van der Waals surface area (Å²) in [5.74, 6) is 0.773. The van der Waals surface area contributed by atoms with Crippen LogP contribution in [-0.4, -0.2) is 25.4 Å². The van der Waals surface area contributed by atoms with Gasteiger partial charge >= 0.3 is 0 Å². The Morgan fingerprint density at radius 3 is 2.57 bits per heavy atom. The molecule has 0 saturated heterocycles. The number of nitrogens with two attached hydrogens (primary N) is 1. The fraction of sp³-hybridized carbons (Fsp3) is 0.455. The fourth-order valence-corrected chi connectivity index (χ4v) is 1.40. The first kappa shape index (κ1) is 11.0. The molecule has 0 heterocycles. The second-order valence-electron chi connectivity index (χ2n) is 3.62. The molecule has 0 radical (unpaired) electrons. The Hall–Kier alpha value is -1.06. The number of aliphatic hydroxyl groups is 1. The van der Waals surface area contributed by atoms with Gasteiger partial charge in [-0.25, -0.2) is 0 Å². The van der Waals surface area contributed by atoms with E-state index in [1.54, 1.807) is 7.11 Å². The van der Waals surface area contributed by atoms with Gasteiger partial charge in [-0.3, -0.25) is 0 Å². The minimum Gasteiger partial charge on any atom is -0.496 e. The van der Waals surface area contributed by atoms with Crippen LogP contribution in [0.5, 0.6) is 5.75 Å². The molecule has 14 heavy (non-hydrogen) atoms. The lowest BCUT2D eigenvalue weighted by Gasteiger charge is -2.27. The molecule has 3 heteroatoms. The van der Waals surface area contributed by atoms with Crippen molar-refractivity contribution >= 4 is 0 Å². The number of para-hydroxylation sites is 1. The van der Waals surface area contributed by atoms with E-state index in [2.05, 4.69) is 0 Å². The maximum Gasteiger partial charge on any atom is 0.122 e.